The Kier molecular flexibility index (Phi) is 6.48. The summed E-state index contributed by atoms with van der Waals surface area (Å²) in [6.07, 6.45) is 1.39. The Morgan fingerprint density at radius 2 is 1.76 bits per heavy atom. The summed E-state index contributed by atoms with van der Waals surface area (Å²) in [6, 6.07) is 11.7. The molecule has 1 fully saturated rings. The van der Waals surface area contributed by atoms with Crippen molar-refractivity contribution >= 4 is 26.8 Å². The number of nitrogens with zero attached hydrogens (tertiary/aromatic N) is 4. The Hall–Kier alpha value is -3.24. The van der Waals surface area contributed by atoms with Crippen LogP contribution in [0.2, 0.25) is 0 Å². The number of benzene rings is 2. The number of aromatic nitrogens is 2. The SMILES string of the molecule is CCOc1ccc(S(=O)(=O)N2CCN(C(=O)Cn3cnc4c(C)cccc4c3=O)CC2)cc1. The van der Waals surface area contributed by atoms with Crippen molar-refractivity contribution < 1.29 is 17.9 Å². The number of carbonyl (C=O) groups is 1. The summed E-state index contributed by atoms with van der Waals surface area (Å²) in [7, 11) is -3.66. The number of amides is 1. The van der Waals surface area contributed by atoms with Gasteiger partial charge in [0, 0.05) is 26.2 Å². The molecule has 2 heterocycles. The first-order chi connectivity index (χ1) is 15.8. The van der Waals surface area contributed by atoms with Gasteiger partial charge in [-0.1, -0.05) is 12.1 Å². The van der Waals surface area contributed by atoms with Gasteiger partial charge in [0.25, 0.3) is 5.56 Å². The lowest BCUT2D eigenvalue weighted by Gasteiger charge is -2.34. The summed E-state index contributed by atoms with van der Waals surface area (Å²) < 4.78 is 33.9. The monoisotopic (exact) mass is 470 g/mol. The van der Waals surface area contributed by atoms with Crippen LogP contribution in [0.1, 0.15) is 12.5 Å². The maximum Gasteiger partial charge on any atom is 0.261 e. The summed E-state index contributed by atoms with van der Waals surface area (Å²) in [5.41, 5.74) is 1.25. The predicted octanol–water partition coefficient (Wildman–Crippen LogP) is 1.64. The second kappa shape index (κ2) is 9.32. The zero-order valence-corrected chi connectivity index (χ0v) is 19.4. The number of rotatable bonds is 6. The Morgan fingerprint density at radius 1 is 1.06 bits per heavy atom. The van der Waals surface area contributed by atoms with Crippen molar-refractivity contribution in [2.45, 2.75) is 25.3 Å². The van der Waals surface area contributed by atoms with E-state index in [-0.39, 0.29) is 49.1 Å². The van der Waals surface area contributed by atoms with Gasteiger partial charge in [-0.3, -0.25) is 14.2 Å². The zero-order valence-electron chi connectivity index (χ0n) is 18.6. The van der Waals surface area contributed by atoms with Crippen molar-refractivity contribution in [2.75, 3.05) is 32.8 Å². The molecule has 174 valence electrons. The number of fused-ring (bicyclic) bond motifs is 1. The van der Waals surface area contributed by atoms with E-state index >= 15 is 0 Å². The number of hydrogen-bond acceptors (Lipinski definition) is 6. The Balaban J connectivity index is 1.41. The number of hydrogen-bond donors (Lipinski definition) is 0. The highest BCUT2D eigenvalue weighted by atomic mass is 32.2. The molecule has 1 aliphatic rings. The maximum atomic E-state index is 12.9. The van der Waals surface area contributed by atoms with Gasteiger partial charge >= 0.3 is 0 Å². The van der Waals surface area contributed by atoms with Crippen molar-refractivity contribution in [1.29, 1.82) is 0 Å². The van der Waals surface area contributed by atoms with E-state index in [1.54, 1.807) is 29.2 Å². The highest BCUT2D eigenvalue weighted by Crippen LogP contribution is 2.21. The normalized spacial score (nSPS) is 15.0. The largest absolute Gasteiger partial charge is 0.494 e. The first kappa shape index (κ1) is 22.9. The third kappa shape index (κ3) is 4.62. The first-order valence-corrected chi connectivity index (χ1v) is 12.2. The minimum absolute atomic E-state index is 0.138. The predicted molar refractivity (Wildman–Crippen MR) is 124 cm³/mol. The number of aryl methyl sites for hydroxylation is 1. The molecule has 0 unspecified atom stereocenters. The van der Waals surface area contributed by atoms with Crippen LogP contribution in [0.25, 0.3) is 10.9 Å². The van der Waals surface area contributed by atoms with Crippen LogP contribution in [0.15, 0.2) is 58.5 Å². The fraction of sp³-hybridized carbons (Fsp3) is 0.348. The van der Waals surface area contributed by atoms with Crippen LogP contribution in [-0.2, 0) is 21.4 Å². The van der Waals surface area contributed by atoms with Crippen molar-refractivity contribution in [1.82, 2.24) is 18.8 Å². The maximum absolute atomic E-state index is 12.9. The lowest BCUT2D eigenvalue weighted by molar-refractivity contribution is -0.133. The number of ether oxygens (including phenoxy) is 1. The van der Waals surface area contributed by atoms with Gasteiger partial charge in [-0.25, -0.2) is 13.4 Å². The minimum Gasteiger partial charge on any atom is -0.494 e. The van der Waals surface area contributed by atoms with E-state index < -0.39 is 10.0 Å². The van der Waals surface area contributed by atoms with Gasteiger partial charge < -0.3 is 9.64 Å². The molecule has 0 aliphatic carbocycles. The van der Waals surface area contributed by atoms with E-state index in [1.165, 1.54) is 27.3 Å². The van der Waals surface area contributed by atoms with E-state index in [2.05, 4.69) is 4.98 Å². The molecule has 0 spiro atoms. The standard InChI is InChI=1S/C23H26N4O5S/c1-3-32-18-7-9-19(10-8-18)33(30,31)27-13-11-25(12-14-27)21(28)15-26-16-24-22-17(2)5-4-6-20(22)23(26)29/h4-10,16H,3,11-15H2,1-2H3. The van der Waals surface area contributed by atoms with Crippen LogP contribution >= 0.6 is 0 Å². The first-order valence-electron chi connectivity index (χ1n) is 10.8. The van der Waals surface area contributed by atoms with Gasteiger partial charge in [0.15, 0.2) is 0 Å². The highest BCUT2D eigenvalue weighted by molar-refractivity contribution is 7.89. The van der Waals surface area contributed by atoms with Crippen molar-refractivity contribution in [3.05, 3.63) is 64.7 Å². The van der Waals surface area contributed by atoms with E-state index in [0.717, 1.165) is 5.56 Å². The molecule has 10 heteroatoms. The average molecular weight is 471 g/mol. The smallest absolute Gasteiger partial charge is 0.261 e. The highest BCUT2D eigenvalue weighted by Gasteiger charge is 2.30. The molecule has 1 amide bonds. The van der Waals surface area contributed by atoms with Gasteiger partial charge in [-0.2, -0.15) is 4.31 Å². The Morgan fingerprint density at radius 3 is 2.42 bits per heavy atom. The molecule has 0 saturated carbocycles. The molecule has 1 aromatic heterocycles. The van der Waals surface area contributed by atoms with E-state index in [0.29, 0.717) is 23.3 Å². The van der Waals surface area contributed by atoms with Gasteiger partial charge in [0.2, 0.25) is 15.9 Å². The van der Waals surface area contributed by atoms with Gasteiger partial charge in [-0.05, 0) is 49.7 Å². The molecule has 1 aliphatic heterocycles. The molecule has 0 bridgehead atoms. The third-order valence-electron chi connectivity index (χ3n) is 5.72. The van der Waals surface area contributed by atoms with Crippen molar-refractivity contribution in [3.8, 4) is 5.75 Å². The summed E-state index contributed by atoms with van der Waals surface area (Å²) in [4.78, 5) is 31.7. The lowest BCUT2D eigenvalue weighted by atomic mass is 10.1. The molecule has 1 saturated heterocycles. The zero-order chi connectivity index (χ0) is 23.6. The summed E-state index contributed by atoms with van der Waals surface area (Å²) in [6.45, 7) is 4.99. The van der Waals surface area contributed by atoms with E-state index in [1.807, 2.05) is 19.9 Å². The quantitative estimate of drug-likeness (QED) is 0.543. The average Bonchev–Trinajstić information content (AvgIpc) is 2.82. The number of para-hydroxylation sites is 1. The fourth-order valence-electron chi connectivity index (χ4n) is 3.90. The number of carbonyl (C=O) groups excluding carboxylic acids is 1. The summed E-state index contributed by atoms with van der Waals surface area (Å²) in [5, 5.41) is 0.469. The lowest BCUT2D eigenvalue weighted by Crippen LogP contribution is -2.51. The van der Waals surface area contributed by atoms with Crippen LogP contribution < -0.4 is 10.3 Å². The third-order valence-corrected chi connectivity index (χ3v) is 7.64. The molecule has 2 aromatic carbocycles. The second-order valence-electron chi connectivity index (χ2n) is 7.84. The van der Waals surface area contributed by atoms with Crippen molar-refractivity contribution in [3.63, 3.8) is 0 Å². The molecule has 9 nitrogen and oxygen atoms in total. The van der Waals surface area contributed by atoms with Crippen molar-refractivity contribution in [2.24, 2.45) is 0 Å². The summed E-state index contributed by atoms with van der Waals surface area (Å²) in [5.74, 6) is 0.365. The molecule has 0 atom stereocenters. The van der Waals surface area contributed by atoms with E-state index in [9.17, 15) is 18.0 Å². The van der Waals surface area contributed by atoms with E-state index in [4.69, 9.17) is 4.74 Å². The molecule has 33 heavy (non-hydrogen) atoms. The topological polar surface area (TPSA) is 102 Å². The fourth-order valence-corrected chi connectivity index (χ4v) is 5.32. The molecular weight excluding hydrogens is 444 g/mol. The molecule has 0 N–H and O–H groups in total. The van der Waals surface area contributed by atoms with Crippen LogP contribution in [0, 0.1) is 6.92 Å². The minimum atomic E-state index is -3.66. The molecule has 4 rings (SSSR count). The van der Waals surface area contributed by atoms with Gasteiger partial charge in [0.1, 0.15) is 12.3 Å². The second-order valence-corrected chi connectivity index (χ2v) is 9.78. The number of piperazine rings is 1. The summed E-state index contributed by atoms with van der Waals surface area (Å²) >= 11 is 0. The number of sulfonamides is 1. The van der Waals surface area contributed by atoms with Gasteiger partial charge in [-0.15, -0.1) is 0 Å². The Bertz CT molecular complexity index is 1330. The molecule has 0 radical (unpaired) electrons. The van der Waals surface area contributed by atoms with Crippen LogP contribution in [0.4, 0.5) is 0 Å². The molecular formula is C23H26N4O5S. The van der Waals surface area contributed by atoms with Crippen LogP contribution in [0.5, 0.6) is 5.75 Å². The van der Waals surface area contributed by atoms with Gasteiger partial charge in [0.05, 0.1) is 28.7 Å². The van der Waals surface area contributed by atoms with Crippen LogP contribution in [-0.4, -0.2) is 65.9 Å². The Labute approximate surface area is 192 Å². The molecule has 3 aromatic rings. The van der Waals surface area contributed by atoms with Crippen LogP contribution in [0.3, 0.4) is 0 Å².